The standard InChI is InChI=1S/C17H20N4O4/c1-25-13-4-2-3-12(11-13)16(23)20-7-9-21(10-8-20)17(24)14-5-6-15(22)19-18-14/h2-4,11H,5-10H2,1H3,(H,19,22). The average molecular weight is 344 g/mol. The first-order valence-corrected chi connectivity index (χ1v) is 8.16. The predicted octanol–water partition coefficient (Wildman–Crippen LogP) is 0.246. The smallest absolute Gasteiger partial charge is 0.270 e. The molecule has 1 fully saturated rings. The van der Waals surface area contributed by atoms with E-state index in [4.69, 9.17) is 4.74 Å². The molecule has 0 atom stereocenters. The molecule has 0 aliphatic carbocycles. The molecule has 0 aromatic heterocycles. The zero-order chi connectivity index (χ0) is 17.8. The minimum Gasteiger partial charge on any atom is -0.497 e. The van der Waals surface area contributed by atoms with E-state index in [2.05, 4.69) is 10.5 Å². The molecule has 3 rings (SSSR count). The third kappa shape index (κ3) is 3.78. The Bertz CT molecular complexity index is 723. The molecule has 1 saturated heterocycles. The molecule has 0 bridgehead atoms. The third-order valence-corrected chi connectivity index (χ3v) is 4.32. The van der Waals surface area contributed by atoms with Gasteiger partial charge in [0.2, 0.25) is 5.91 Å². The van der Waals surface area contributed by atoms with Crippen molar-refractivity contribution in [2.75, 3.05) is 33.3 Å². The van der Waals surface area contributed by atoms with Gasteiger partial charge in [0.25, 0.3) is 11.8 Å². The number of nitrogens with one attached hydrogen (secondary N) is 1. The van der Waals surface area contributed by atoms with Crippen molar-refractivity contribution in [2.45, 2.75) is 12.8 Å². The fraction of sp³-hybridized carbons (Fsp3) is 0.412. The molecule has 1 aromatic rings. The van der Waals surface area contributed by atoms with Gasteiger partial charge in [0.05, 0.1) is 7.11 Å². The van der Waals surface area contributed by atoms with E-state index in [1.165, 1.54) is 0 Å². The summed E-state index contributed by atoms with van der Waals surface area (Å²) in [5.41, 5.74) is 3.27. The van der Waals surface area contributed by atoms with Crippen LogP contribution in [-0.2, 0) is 9.59 Å². The average Bonchev–Trinajstić information content (AvgIpc) is 2.67. The fourth-order valence-electron chi connectivity index (χ4n) is 2.86. The Morgan fingerprint density at radius 1 is 1.08 bits per heavy atom. The highest BCUT2D eigenvalue weighted by Gasteiger charge is 2.28. The van der Waals surface area contributed by atoms with Crippen LogP contribution in [0.2, 0.25) is 0 Å². The molecular weight excluding hydrogens is 324 g/mol. The fourth-order valence-corrected chi connectivity index (χ4v) is 2.86. The van der Waals surface area contributed by atoms with Crippen LogP contribution >= 0.6 is 0 Å². The molecule has 0 unspecified atom stereocenters. The van der Waals surface area contributed by atoms with Gasteiger partial charge in [-0.1, -0.05) is 6.07 Å². The zero-order valence-electron chi connectivity index (χ0n) is 14.0. The van der Waals surface area contributed by atoms with E-state index >= 15 is 0 Å². The molecule has 1 aromatic carbocycles. The minimum atomic E-state index is -0.176. The zero-order valence-corrected chi connectivity index (χ0v) is 14.0. The number of ether oxygens (including phenoxy) is 1. The van der Waals surface area contributed by atoms with Crippen LogP contribution in [-0.4, -0.2) is 66.5 Å². The van der Waals surface area contributed by atoms with Gasteiger partial charge in [-0.3, -0.25) is 14.4 Å². The summed E-state index contributed by atoms with van der Waals surface area (Å²) in [6.07, 6.45) is 0.631. The van der Waals surface area contributed by atoms with Crippen LogP contribution in [0.5, 0.6) is 5.75 Å². The van der Waals surface area contributed by atoms with Gasteiger partial charge < -0.3 is 14.5 Å². The largest absolute Gasteiger partial charge is 0.497 e. The first kappa shape index (κ1) is 16.9. The lowest BCUT2D eigenvalue weighted by Crippen LogP contribution is -2.52. The summed E-state index contributed by atoms with van der Waals surface area (Å²) >= 11 is 0. The lowest BCUT2D eigenvalue weighted by Gasteiger charge is -2.35. The van der Waals surface area contributed by atoms with Crippen molar-refractivity contribution >= 4 is 23.4 Å². The SMILES string of the molecule is COc1cccc(C(=O)N2CCN(C(=O)C3=NNC(=O)CC3)CC2)c1. The number of amides is 3. The van der Waals surface area contributed by atoms with Crippen LogP contribution < -0.4 is 10.2 Å². The Morgan fingerprint density at radius 3 is 2.36 bits per heavy atom. The maximum absolute atomic E-state index is 12.6. The van der Waals surface area contributed by atoms with E-state index in [0.717, 1.165) is 0 Å². The number of hydrazone groups is 1. The predicted molar refractivity (Wildman–Crippen MR) is 90.3 cm³/mol. The summed E-state index contributed by atoms with van der Waals surface area (Å²) in [4.78, 5) is 39.5. The highest BCUT2D eigenvalue weighted by atomic mass is 16.5. The Morgan fingerprint density at radius 2 is 1.76 bits per heavy atom. The molecule has 8 heteroatoms. The van der Waals surface area contributed by atoms with E-state index in [9.17, 15) is 14.4 Å². The molecule has 2 aliphatic rings. The van der Waals surface area contributed by atoms with E-state index in [0.29, 0.717) is 49.6 Å². The third-order valence-electron chi connectivity index (χ3n) is 4.32. The van der Waals surface area contributed by atoms with Crippen molar-refractivity contribution in [1.29, 1.82) is 0 Å². The number of hydrogen-bond acceptors (Lipinski definition) is 5. The summed E-state index contributed by atoms with van der Waals surface area (Å²) in [7, 11) is 1.56. The quantitative estimate of drug-likeness (QED) is 0.851. The van der Waals surface area contributed by atoms with Crippen LogP contribution in [0.25, 0.3) is 0 Å². The number of carbonyl (C=O) groups excluding carboxylic acids is 3. The Kier molecular flexibility index (Phi) is 4.97. The Labute approximate surface area is 145 Å². The highest BCUT2D eigenvalue weighted by Crippen LogP contribution is 2.16. The van der Waals surface area contributed by atoms with Gasteiger partial charge in [-0.2, -0.15) is 5.10 Å². The number of rotatable bonds is 3. The topological polar surface area (TPSA) is 91.3 Å². The summed E-state index contributed by atoms with van der Waals surface area (Å²) < 4.78 is 5.15. The van der Waals surface area contributed by atoms with Gasteiger partial charge in [-0.15, -0.1) is 0 Å². The van der Waals surface area contributed by atoms with E-state index in [1.54, 1.807) is 41.2 Å². The number of nitrogens with zero attached hydrogens (tertiary/aromatic N) is 3. The summed E-state index contributed by atoms with van der Waals surface area (Å²) in [6, 6.07) is 7.03. The van der Waals surface area contributed by atoms with Crippen molar-refractivity contribution in [2.24, 2.45) is 5.10 Å². The van der Waals surface area contributed by atoms with Crippen LogP contribution in [0.15, 0.2) is 29.4 Å². The number of hydrogen-bond donors (Lipinski definition) is 1. The summed E-state index contributed by atoms with van der Waals surface area (Å²) in [5, 5.41) is 3.84. The van der Waals surface area contributed by atoms with Crippen LogP contribution in [0, 0.1) is 0 Å². The number of methoxy groups -OCH3 is 1. The lowest BCUT2D eigenvalue weighted by molar-refractivity contribution is -0.126. The highest BCUT2D eigenvalue weighted by molar-refractivity contribution is 6.39. The summed E-state index contributed by atoms with van der Waals surface area (Å²) in [5.74, 6) is 0.212. The van der Waals surface area contributed by atoms with Crippen LogP contribution in [0.3, 0.4) is 0 Å². The van der Waals surface area contributed by atoms with Crippen molar-refractivity contribution in [3.05, 3.63) is 29.8 Å². The molecule has 132 valence electrons. The molecule has 2 aliphatic heterocycles. The minimum absolute atomic E-state index is 0.0757. The molecule has 25 heavy (non-hydrogen) atoms. The van der Waals surface area contributed by atoms with Gasteiger partial charge in [-0.25, -0.2) is 5.43 Å². The van der Waals surface area contributed by atoms with Crippen molar-refractivity contribution in [3.63, 3.8) is 0 Å². The van der Waals surface area contributed by atoms with E-state index in [-0.39, 0.29) is 24.1 Å². The normalized spacial score (nSPS) is 17.6. The van der Waals surface area contributed by atoms with Gasteiger partial charge in [0, 0.05) is 44.6 Å². The molecule has 2 heterocycles. The van der Waals surface area contributed by atoms with Crippen molar-refractivity contribution in [1.82, 2.24) is 15.2 Å². The van der Waals surface area contributed by atoms with Gasteiger partial charge in [0.1, 0.15) is 11.5 Å². The van der Waals surface area contributed by atoms with Gasteiger partial charge >= 0.3 is 0 Å². The molecule has 8 nitrogen and oxygen atoms in total. The first-order valence-electron chi connectivity index (χ1n) is 8.16. The van der Waals surface area contributed by atoms with Crippen LogP contribution in [0.4, 0.5) is 0 Å². The monoisotopic (exact) mass is 344 g/mol. The molecule has 0 spiro atoms. The summed E-state index contributed by atoms with van der Waals surface area (Å²) in [6.45, 7) is 1.81. The molecule has 3 amide bonds. The number of carbonyl (C=O) groups is 3. The second kappa shape index (κ2) is 7.33. The molecule has 0 radical (unpaired) electrons. The van der Waals surface area contributed by atoms with Gasteiger partial charge in [0.15, 0.2) is 0 Å². The van der Waals surface area contributed by atoms with Crippen LogP contribution in [0.1, 0.15) is 23.2 Å². The molecular formula is C17H20N4O4. The van der Waals surface area contributed by atoms with Crippen molar-refractivity contribution in [3.8, 4) is 5.75 Å². The molecule has 1 N–H and O–H groups in total. The maximum Gasteiger partial charge on any atom is 0.270 e. The second-order valence-electron chi connectivity index (χ2n) is 5.91. The number of piperazine rings is 1. The van der Waals surface area contributed by atoms with Crippen molar-refractivity contribution < 1.29 is 19.1 Å². The Balaban J connectivity index is 1.58. The maximum atomic E-state index is 12.6. The lowest BCUT2D eigenvalue weighted by atomic mass is 10.1. The van der Waals surface area contributed by atoms with E-state index in [1.807, 2.05) is 0 Å². The first-order chi connectivity index (χ1) is 12.1. The van der Waals surface area contributed by atoms with Gasteiger partial charge in [-0.05, 0) is 18.2 Å². The van der Waals surface area contributed by atoms with E-state index < -0.39 is 0 Å². The number of benzene rings is 1. The Hall–Kier alpha value is -2.90. The molecule has 0 saturated carbocycles. The second-order valence-corrected chi connectivity index (χ2v) is 5.91.